The number of nitrogens with two attached hydrogens (primary N) is 1. The summed E-state index contributed by atoms with van der Waals surface area (Å²) >= 11 is 6.23. The number of amides is 1. The fourth-order valence-electron chi connectivity index (χ4n) is 2.36. The van der Waals surface area contributed by atoms with Crippen LogP contribution in [-0.2, 0) is 11.3 Å². The van der Waals surface area contributed by atoms with E-state index >= 15 is 0 Å². The quantitative estimate of drug-likeness (QED) is 0.656. The van der Waals surface area contributed by atoms with Crippen molar-refractivity contribution in [1.82, 2.24) is 9.55 Å². The van der Waals surface area contributed by atoms with E-state index in [9.17, 15) is 4.79 Å². The Morgan fingerprint density at radius 3 is 2.85 bits per heavy atom. The molecule has 0 saturated carbocycles. The van der Waals surface area contributed by atoms with E-state index in [1.165, 1.54) is 5.56 Å². The van der Waals surface area contributed by atoms with Gasteiger partial charge >= 0.3 is 0 Å². The summed E-state index contributed by atoms with van der Waals surface area (Å²) in [5.74, 6) is 0.633. The van der Waals surface area contributed by atoms with E-state index in [4.69, 9.17) is 17.3 Å². The van der Waals surface area contributed by atoms with Gasteiger partial charge in [-0.3, -0.25) is 4.79 Å². The van der Waals surface area contributed by atoms with Gasteiger partial charge in [-0.15, -0.1) is 11.6 Å². The minimum Gasteiger partial charge on any atom is -0.370 e. The zero-order valence-electron chi connectivity index (χ0n) is 11.9. The first-order valence-corrected chi connectivity index (χ1v) is 7.32. The predicted molar refractivity (Wildman–Crippen MR) is 81.8 cm³/mol. The number of nitrogens with zero attached hydrogens (tertiary/aromatic N) is 2. The van der Waals surface area contributed by atoms with Crippen LogP contribution in [0.5, 0.6) is 0 Å². The molecule has 2 N–H and O–H groups in total. The van der Waals surface area contributed by atoms with Gasteiger partial charge in [-0.05, 0) is 44.4 Å². The van der Waals surface area contributed by atoms with Crippen LogP contribution in [0.4, 0.5) is 0 Å². The third-order valence-corrected chi connectivity index (χ3v) is 3.54. The Morgan fingerprint density at radius 1 is 1.45 bits per heavy atom. The monoisotopic (exact) mass is 293 g/mol. The lowest BCUT2D eigenvalue weighted by Gasteiger charge is -2.10. The molecular formula is C15H20ClN3O. The van der Waals surface area contributed by atoms with Crippen molar-refractivity contribution in [1.29, 1.82) is 0 Å². The number of aryl methyl sites for hydroxylation is 2. The molecule has 1 aromatic carbocycles. The Hall–Kier alpha value is -1.55. The number of primary amides is 1. The maximum Gasteiger partial charge on any atom is 0.217 e. The molecule has 2 rings (SSSR count). The molecule has 0 bridgehead atoms. The van der Waals surface area contributed by atoms with Crippen LogP contribution in [0, 0.1) is 6.92 Å². The van der Waals surface area contributed by atoms with Crippen molar-refractivity contribution in [2.45, 2.75) is 45.0 Å². The van der Waals surface area contributed by atoms with Gasteiger partial charge < -0.3 is 10.3 Å². The van der Waals surface area contributed by atoms with Gasteiger partial charge in [-0.2, -0.15) is 0 Å². The van der Waals surface area contributed by atoms with Crippen LogP contribution in [0.2, 0.25) is 0 Å². The number of halogens is 1. The molecule has 1 unspecified atom stereocenters. The van der Waals surface area contributed by atoms with Crippen LogP contribution in [-0.4, -0.2) is 15.5 Å². The zero-order valence-corrected chi connectivity index (χ0v) is 12.7. The highest BCUT2D eigenvalue weighted by atomic mass is 35.5. The summed E-state index contributed by atoms with van der Waals surface area (Å²) in [7, 11) is 0. The number of hydrogen-bond donors (Lipinski definition) is 1. The molecule has 0 saturated heterocycles. The van der Waals surface area contributed by atoms with Gasteiger partial charge in [0.05, 0.1) is 16.4 Å². The second kappa shape index (κ2) is 6.27. The summed E-state index contributed by atoms with van der Waals surface area (Å²) in [5.41, 5.74) is 8.43. The summed E-state index contributed by atoms with van der Waals surface area (Å²) in [5, 5.41) is -0.140. The highest BCUT2D eigenvalue weighted by Crippen LogP contribution is 2.25. The molecular weight excluding hydrogens is 274 g/mol. The van der Waals surface area contributed by atoms with Crippen molar-refractivity contribution >= 4 is 28.5 Å². The number of aromatic nitrogens is 2. The molecule has 1 heterocycles. The average Bonchev–Trinajstić information content (AvgIpc) is 2.73. The van der Waals surface area contributed by atoms with Crippen LogP contribution >= 0.6 is 11.6 Å². The fourth-order valence-corrected chi connectivity index (χ4v) is 2.53. The lowest BCUT2D eigenvalue weighted by Crippen LogP contribution is -2.11. The van der Waals surface area contributed by atoms with Gasteiger partial charge in [0.2, 0.25) is 5.91 Å². The first-order chi connectivity index (χ1) is 9.49. The molecule has 0 aliphatic carbocycles. The Bertz CT molecular complexity index is 619. The molecule has 5 heteroatoms. The van der Waals surface area contributed by atoms with Crippen LogP contribution in [0.25, 0.3) is 11.0 Å². The van der Waals surface area contributed by atoms with E-state index in [0.717, 1.165) is 36.2 Å². The number of hydrogen-bond acceptors (Lipinski definition) is 2. The van der Waals surface area contributed by atoms with Crippen molar-refractivity contribution in [3.63, 3.8) is 0 Å². The van der Waals surface area contributed by atoms with Crippen LogP contribution in [0.3, 0.4) is 0 Å². The Labute approximate surface area is 123 Å². The molecule has 0 fully saturated rings. The first-order valence-electron chi connectivity index (χ1n) is 6.88. The third-order valence-electron chi connectivity index (χ3n) is 3.34. The van der Waals surface area contributed by atoms with Gasteiger partial charge in [0.15, 0.2) is 0 Å². The van der Waals surface area contributed by atoms with Crippen molar-refractivity contribution in [2.24, 2.45) is 5.73 Å². The number of imidazole rings is 1. The Balaban J connectivity index is 2.26. The molecule has 2 aromatic rings. The van der Waals surface area contributed by atoms with Gasteiger partial charge in [0.25, 0.3) is 0 Å². The third kappa shape index (κ3) is 3.31. The standard InChI is InChI=1S/C15H20ClN3O/c1-10-6-7-12-13(9-10)19(15(18-12)11(2)16)8-4-3-5-14(17)20/h6-7,9,11H,3-5,8H2,1-2H3,(H2,17,20). The van der Waals surface area contributed by atoms with E-state index in [1.807, 2.05) is 13.0 Å². The number of rotatable bonds is 6. The number of benzene rings is 1. The number of carbonyl (C=O) groups is 1. The van der Waals surface area contributed by atoms with E-state index < -0.39 is 0 Å². The summed E-state index contributed by atoms with van der Waals surface area (Å²) in [6, 6.07) is 6.20. The van der Waals surface area contributed by atoms with E-state index in [2.05, 4.69) is 28.6 Å². The number of carbonyl (C=O) groups excluding carboxylic acids is 1. The maximum absolute atomic E-state index is 10.8. The van der Waals surface area contributed by atoms with E-state index in [-0.39, 0.29) is 11.3 Å². The number of unbranched alkanes of at least 4 members (excludes halogenated alkanes) is 1. The highest BCUT2D eigenvalue weighted by molar-refractivity contribution is 6.20. The zero-order chi connectivity index (χ0) is 14.7. The molecule has 1 aromatic heterocycles. The lowest BCUT2D eigenvalue weighted by atomic mass is 10.2. The van der Waals surface area contributed by atoms with E-state index in [1.54, 1.807) is 0 Å². The van der Waals surface area contributed by atoms with Crippen molar-refractivity contribution in [2.75, 3.05) is 0 Å². The maximum atomic E-state index is 10.8. The van der Waals surface area contributed by atoms with Crippen molar-refractivity contribution in [3.05, 3.63) is 29.6 Å². The lowest BCUT2D eigenvalue weighted by molar-refractivity contribution is -0.118. The van der Waals surface area contributed by atoms with Crippen molar-refractivity contribution in [3.8, 4) is 0 Å². The van der Waals surface area contributed by atoms with Gasteiger partial charge in [-0.25, -0.2) is 4.98 Å². The average molecular weight is 294 g/mol. The van der Waals surface area contributed by atoms with Crippen LogP contribution in [0.15, 0.2) is 18.2 Å². The normalized spacial score (nSPS) is 12.8. The summed E-state index contributed by atoms with van der Waals surface area (Å²) in [6.45, 7) is 4.79. The number of fused-ring (bicyclic) bond motifs is 1. The summed E-state index contributed by atoms with van der Waals surface area (Å²) in [4.78, 5) is 15.4. The minimum absolute atomic E-state index is 0.140. The van der Waals surface area contributed by atoms with Crippen LogP contribution in [0.1, 0.15) is 43.0 Å². The highest BCUT2D eigenvalue weighted by Gasteiger charge is 2.14. The molecule has 0 spiro atoms. The SMILES string of the molecule is Cc1ccc2nc(C(C)Cl)n(CCCCC(N)=O)c2c1. The molecule has 1 atom stereocenters. The first kappa shape index (κ1) is 14.9. The minimum atomic E-state index is -0.248. The summed E-state index contributed by atoms with van der Waals surface area (Å²) < 4.78 is 2.15. The van der Waals surface area contributed by atoms with Gasteiger partial charge in [-0.1, -0.05) is 6.07 Å². The van der Waals surface area contributed by atoms with Gasteiger partial charge in [0.1, 0.15) is 5.82 Å². The molecule has 0 aliphatic heterocycles. The summed E-state index contributed by atoms with van der Waals surface area (Å²) in [6.07, 6.45) is 2.10. The molecule has 0 radical (unpaired) electrons. The molecule has 4 nitrogen and oxygen atoms in total. The second-order valence-electron chi connectivity index (χ2n) is 5.15. The van der Waals surface area contributed by atoms with Gasteiger partial charge in [0, 0.05) is 13.0 Å². The molecule has 0 aliphatic rings. The van der Waals surface area contributed by atoms with Crippen LogP contribution < -0.4 is 5.73 Å². The molecule has 1 amide bonds. The molecule has 20 heavy (non-hydrogen) atoms. The topological polar surface area (TPSA) is 60.9 Å². The molecule has 108 valence electrons. The Morgan fingerprint density at radius 2 is 2.20 bits per heavy atom. The number of alkyl halides is 1. The smallest absolute Gasteiger partial charge is 0.217 e. The Kier molecular flexibility index (Phi) is 4.65. The van der Waals surface area contributed by atoms with E-state index in [0.29, 0.717) is 6.42 Å². The fraction of sp³-hybridized carbons (Fsp3) is 0.467. The second-order valence-corrected chi connectivity index (χ2v) is 5.81. The van der Waals surface area contributed by atoms with Crippen molar-refractivity contribution < 1.29 is 4.79 Å². The largest absolute Gasteiger partial charge is 0.370 e. The predicted octanol–water partition coefficient (Wildman–Crippen LogP) is 3.30.